The molecule has 172 valence electrons. The van der Waals surface area contributed by atoms with Crippen LogP contribution in [0.1, 0.15) is 72.6 Å². The summed E-state index contributed by atoms with van der Waals surface area (Å²) in [6, 6.07) is 0.473. The number of aliphatic hydroxyl groups excluding tert-OH is 1. The zero-order valence-corrected chi connectivity index (χ0v) is 19.3. The molecule has 0 spiro atoms. The first-order valence-corrected chi connectivity index (χ1v) is 11.2. The van der Waals surface area contributed by atoms with Gasteiger partial charge in [0.15, 0.2) is 0 Å². The first kappa shape index (κ1) is 27.8. The van der Waals surface area contributed by atoms with Crippen LogP contribution in [-0.4, -0.2) is 62.4 Å². The Bertz CT molecular complexity index is 430. The molecule has 0 saturated heterocycles. The highest BCUT2D eigenvalue weighted by molar-refractivity contribution is 5.77. The molecule has 0 heterocycles. The van der Waals surface area contributed by atoms with Crippen LogP contribution in [0.4, 0.5) is 0 Å². The minimum absolute atomic E-state index is 0.0172. The highest BCUT2D eigenvalue weighted by Gasteiger charge is 2.15. The van der Waals surface area contributed by atoms with E-state index in [9.17, 15) is 14.7 Å². The summed E-state index contributed by atoms with van der Waals surface area (Å²) in [6.45, 7) is 10.0. The first-order valence-electron chi connectivity index (χ1n) is 11.2. The largest absolute Gasteiger partial charge is 0.396 e. The maximum atomic E-state index is 12.3. The van der Waals surface area contributed by atoms with Crippen LogP contribution in [0, 0.1) is 11.8 Å². The van der Waals surface area contributed by atoms with Crippen molar-refractivity contribution in [2.24, 2.45) is 11.8 Å². The maximum Gasteiger partial charge on any atom is 0.222 e. The third kappa shape index (κ3) is 16.3. The number of nitrogens with one attached hydrogen (secondary N) is 3. The molecular formula is C22H45N3O4. The number of hydrogen-bond donors (Lipinski definition) is 4. The highest BCUT2D eigenvalue weighted by atomic mass is 16.5. The van der Waals surface area contributed by atoms with Crippen molar-refractivity contribution in [1.29, 1.82) is 0 Å². The second-order valence-corrected chi connectivity index (χ2v) is 8.51. The number of aliphatic hydroxyl groups is 1. The molecule has 7 heteroatoms. The monoisotopic (exact) mass is 415 g/mol. The number of carbonyl (C=O) groups excluding carboxylic acids is 2. The molecule has 29 heavy (non-hydrogen) atoms. The van der Waals surface area contributed by atoms with Gasteiger partial charge in [-0.15, -0.1) is 0 Å². The zero-order valence-electron chi connectivity index (χ0n) is 19.3. The highest BCUT2D eigenvalue weighted by Crippen LogP contribution is 2.09. The fourth-order valence-electron chi connectivity index (χ4n) is 3.19. The van der Waals surface area contributed by atoms with Crippen molar-refractivity contribution in [3.63, 3.8) is 0 Å². The Hall–Kier alpha value is -1.18. The lowest BCUT2D eigenvalue weighted by atomic mass is 10.0. The molecule has 0 aliphatic heterocycles. The SMILES string of the molecule is COCC(CO)CCCCNC(=O)CC(CCCCNC(=O)C(C)C)NC(C)C. The Morgan fingerprint density at radius 1 is 0.931 bits per heavy atom. The molecule has 0 fully saturated rings. The van der Waals surface area contributed by atoms with Gasteiger partial charge in [-0.1, -0.05) is 40.5 Å². The van der Waals surface area contributed by atoms with Gasteiger partial charge in [-0.2, -0.15) is 0 Å². The van der Waals surface area contributed by atoms with Gasteiger partial charge in [0.05, 0.1) is 6.61 Å². The van der Waals surface area contributed by atoms with Gasteiger partial charge in [-0.05, 0) is 25.7 Å². The van der Waals surface area contributed by atoms with Crippen molar-refractivity contribution in [3.05, 3.63) is 0 Å². The number of amides is 2. The lowest BCUT2D eigenvalue weighted by Gasteiger charge is -2.21. The Morgan fingerprint density at radius 3 is 2.10 bits per heavy atom. The van der Waals surface area contributed by atoms with Crippen molar-refractivity contribution in [1.82, 2.24) is 16.0 Å². The van der Waals surface area contributed by atoms with E-state index in [0.29, 0.717) is 32.2 Å². The van der Waals surface area contributed by atoms with Gasteiger partial charge in [0.2, 0.25) is 11.8 Å². The zero-order chi connectivity index (χ0) is 22.1. The van der Waals surface area contributed by atoms with Crippen molar-refractivity contribution in [3.8, 4) is 0 Å². The minimum Gasteiger partial charge on any atom is -0.396 e. The molecule has 0 bridgehead atoms. The van der Waals surface area contributed by atoms with Crippen LogP contribution in [0.25, 0.3) is 0 Å². The van der Waals surface area contributed by atoms with E-state index in [4.69, 9.17) is 4.74 Å². The predicted octanol–water partition coefficient (Wildman–Crippen LogP) is 2.23. The average Bonchev–Trinajstić information content (AvgIpc) is 2.65. The van der Waals surface area contributed by atoms with E-state index in [1.165, 1.54) is 0 Å². The molecule has 0 saturated carbocycles. The Kier molecular flexibility index (Phi) is 16.9. The molecule has 0 aromatic rings. The van der Waals surface area contributed by atoms with E-state index in [2.05, 4.69) is 29.8 Å². The van der Waals surface area contributed by atoms with Crippen LogP contribution >= 0.6 is 0 Å². The van der Waals surface area contributed by atoms with Crippen molar-refractivity contribution in [2.75, 3.05) is 33.4 Å². The fourth-order valence-corrected chi connectivity index (χ4v) is 3.19. The molecule has 0 aromatic carbocycles. The Balaban J connectivity index is 4.03. The normalized spacial score (nSPS) is 13.5. The van der Waals surface area contributed by atoms with E-state index in [1.807, 2.05) is 13.8 Å². The molecule has 0 aliphatic rings. The Morgan fingerprint density at radius 2 is 1.55 bits per heavy atom. The molecule has 0 radical (unpaired) electrons. The van der Waals surface area contributed by atoms with Gasteiger partial charge < -0.3 is 25.8 Å². The third-order valence-corrected chi connectivity index (χ3v) is 4.83. The second-order valence-electron chi connectivity index (χ2n) is 8.51. The summed E-state index contributed by atoms with van der Waals surface area (Å²) in [5.74, 6) is 0.366. The van der Waals surface area contributed by atoms with Crippen LogP contribution in [0.3, 0.4) is 0 Å². The molecule has 2 atom stereocenters. The first-order chi connectivity index (χ1) is 13.8. The molecule has 2 unspecified atom stereocenters. The number of rotatable bonds is 18. The summed E-state index contributed by atoms with van der Waals surface area (Å²) in [5.41, 5.74) is 0. The number of hydrogen-bond acceptors (Lipinski definition) is 5. The quantitative estimate of drug-likeness (QED) is 0.257. The summed E-state index contributed by atoms with van der Waals surface area (Å²) in [6.07, 6.45) is 6.05. The maximum absolute atomic E-state index is 12.3. The smallest absolute Gasteiger partial charge is 0.222 e. The summed E-state index contributed by atoms with van der Waals surface area (Å²) in [4.78, 5) is 23.8. The van der Waals surface area contributed by atoms with Crippen LogP contribution < -0.4 is 16.0 Å². The topological polar surface area (TPSA) is 99.7 Å². The third-order valence-electron chi connectivity index (χ3n) is 4.83. The molecular weight excluding hydrogens is 370 g/mol. The number of methoxy groups -OCH3 is 1. The molecule has 0 aromatic heterocycles. The summed E-state index contributed by atoms with van der Waals surface area (Å²) in [7, 11) is 1.65. The van der Waals surface area contributed by atoms with Crippen molar-refractivity contribution < 1.29 is 19.4 Å². The van der Waals surface area contributed by atoms with Crippen LogP contribution in [0.15, 0.2) is 0 Å². The lowest BCUT2D eigenvalue weighted by molar-refractivity contribution is -0.124. The number of carbonyl (C=O) groups is 2. The van der Waals surface area contributed by atoms with E-state index < -0.39 is 0 Å². The van der Waals surface area contributed by atoms with Gasteiger partial charge in [0.25, 0.3) is 0 Å². The second kappa shape index (κ2) is 17.7. The van der Waals surface area contributed by atoms with Crippen LogP contribution in [0.5, 0.6) is 0 Å². The van der Waals surface area contributed by atoms with E-state index >= 15 is 0 Å². The van der Waals surface area contributed by atoms with E-state index in [0.717, 1.165) is 38.5 Å². The van der Waals surface area contributed by atoms with Gasteiger partial charge in [-0.25, -0.2) is 0 Å². The van der Waals surface area contributed by atoms with Crippen molar-refractivity contribution >= 4 is 11.8 Å². The van der Waals surface area contributed by atoms with Gasteiger partial charge in [0, 0.05) is 57.1 Å². The molecule has 4 N–H and O–H groups in total. The standard InChI is InChI=1S/C22H45N3O4/c1-17(2)22(28)24-13-9-7-11-20(25-18(3)4)14-21(27)23-12-8-6-10-19(15-26)16-29-5/h17-20,25-26H,6-16H2,1-5H3,(H,23,27)(H,24,28). The average molecular weight is 416 g/mol. The van der Waals surface area contributed by atoms with E-state index in [1.54, 1.807) is 7.11 Å². The van der Waals surface area contributed by atoms with Crippen LogP contribution in [-0.2, 0) is 14.3 Å². The predicted molar refractivity (Wildman–Crippen MR) is 118 cm³/mol. The lowest BCUT2D eigenvalue weighted by Crippen LogP contribution is -2.39. The van der Waals surface area contributed by atoms with Gasteiger partial charge in [0.1, 0.15) is 0 Å². The Labute approximate surface area is 177 Å². The van der Waals surface area contributed by atoms with Gasteiger partial charge >= 0.3 is 0 Å². The van der Waals surface area contributed by atoms with Crippen LogP contribution in [0.2, 0.25) is 0 Å². The fraction of sp³-hybridized carbons (Fsp3) is 0.909. The molecule has 0 rings (SSSR count). The van der Waals surface area contributed by atoms with E-state index in [-0.39, 0.29) is 36.3 Å². The summed E-state index contributed by atoms with van der Waals surface area (Å²) < 4.78 is 5.08. The number of ether oxygens (including phenoxy) is 1. The van der Waals surface area contributed by atoms with Crippen molar-refractivity contribution in [2.45, 2.75) is 84.7 Å². The minimum atomic E-state index is 0.0172. The summed E-state index contributed by atoms with van der Waals surface area (Å²) in [5, 5.41) is 18.7. The number of unbranched alkanes of at least 4 members (excludes halogenated alkanes) is 2. The van der Waals surface area contributed by atoms with Gasteiger partial charge in [-0.3, -0.25) is 9.59 Å². The summed E-state index contributed by atoms with van der Waals surface area (Å²) >= 11 is 0. The molecule has 0 aliphatic carbocycles. The molecule has 7 nitrogen and oxygen atoms in total. The molecule has 2 amide bonds.